The van der Waals surface area contributed by atoms with Crippen LogP contribution in [-0.4, -0.2) is 32.3 Å². The Balaban J connectivity index is 1.71. The van der Waals surface area contributed by atoms with E-state index in [0.717, 1.165) is 43.7 Å². The van der Waals surface area contributed by atoms with E-state index in [4.69, 9.17) is 11.6 Å². The first kappa shape index (κ1) is 17.3. The third-order valence-electron chi connectivity index (χ3n) is 3.84. The van der Waals surface area contributed by atoms with E-state index in [9.17, 15) is 13.2 Å². The normalized spacial score (nSPS) is 15.3. The van der Waals surface area contributed by atoms with Crippen molar-refractivity contribution in [3.8, 4) is 0 Å². The van der Waals surface area contributed by atoms with Crippen LogP contribution in [0.3, 0.4) is 0 Å². The highest BCUT2D eigenvalue weighted by Gasteiger charge is 2.19. The van der Waals surface area contributed by atoms with Gasteiger partial charge in [0.05, 0.1) is 4.34 Å². The highest BCUT2D eigenvalue weighted by atomic mass is 35.5. The number of piperidine rings is 1. The van der Waals surface area contributed by atoms with Crippen LogP contribution in [0.5, 0.6) is 0 Å². The molecule has 1 fully saturated rings. The molecule has 0 spiro atoms. The maximum atomic E-state index is 12.4. The Kier molecular flexibility index (Phi) is 5.12. The summed E-state index contributed by atoms with van der Waals surface area (Å²) < 4.78 is 27.6. The molecular weight excluding hydrogens is 368 g/mol. The standard InChI is InChI=1S/C16H17ClN2O3S2/c17-14-8-9-15(23-14)24(21,22)18-13-6-4-12(5-7-13)16(20)19-10-2-1-3-11-19/h4-9,18H,1-3,10-11H2. The van der Waals surface area contributed by atoms with Gasteiger partial charge in [-0.3, -0.25) is 9.52 Å². The van der Waals surface area contributed by atoms with Gasteiger partial charge in [0.2, 0.25) is 0 Å². The Morgan fingerprint density at radius 3 is 2.29 bits per heavy atom. The van der Waals surface area contributed by atoms with Crippen LogP contribution in [0.25, 0.3) is 0 Å². The van der Waals surface area contributed by atoms with Gasteiger partial charge in [-0.15, -0.1) is 11.3 Å². The molecule has 2 aromatic rings. The van der Waals surface area contributed by atoms with E-state index < -0.39 is 10.0 Å². The van der Waals surface area contributed by atoms with Crippen LogP contribution in [0.4, 0.5) is 5.69 Å². The molecule has 1 aliphatic rings. The Morgan fingerprint density at radius 1 is 1.04 bits per heavy atom. The summed E-state index contributed by atoms with van der Waals surface area (Å²) in [6.45, 7) is 1.57. The predicted molar refractivity (Wildman–Crippen MR) is 96.3 cm³/mol. The molecule has 1 N–H and O–H groups in total. The second kappa shape index (κ2) is 7.13. The van der Waals surface area contributed by atoms with Crippen molar-refractivity contribution in [1.29, 1.82) is 0 Å². The van der Waals surface area contributed by atoms with Crippen molar-refractivity contribution in [2.45, 2.75) is 23.5 Å². The molecule has 5 nitrogen and oxygen atoms in total. The summed E-state index contributed by atoms with van der Waals surface area (Å²) in [5.41, 5.74) is 0.980. The van der Waals surface area contributed by atoms with E-state index in [1.807, 2.05) is 4.90 Å². The number of nitrogens with zero attached hydrogens (tertiary/aromatic N) is 1. The number of likely N-dealkylation sites (tertiary alicyclic amines) is 1. The maximum absolute atomic E-state index is 12.4. The fourth-order valence-electron chi connectivity index (χ4n) is 2.61. The van der Waals surface area contributed by atoms with Gasteiger partial charge in [-0.05, 0) is 55.7 Å². The number of rotatable bonds is 4. The van der Waals surface area contributed by atoms with Gasteiger partial charge < -0.3 is 4.90 Å². The monoisotopic (exact) mass is 384 g/mol. The van der Waals surface area contributed by atoms with E-state index >= 15 is 0 Å². The molecule has 1 aromatic carbocycles. The minimum Gasteiger partial charge on any atom is -0.339 e. The fourth-order valence-corrected chi connectivity index (χ4v) is 5.15. The minimum atomic E-state index is -3.66. The van der Waals surface area contributed by atoms with Crippen molar-refractivity contribution >= 4 is 44.6 Å². The van der Waals surface area contributed by atoms with Crippen LogP contribution in [0, 0.1) is 0 Å². The van der Waals surface area contributed by atoms with Crippen LogP contribution in [0.1, 0.15) is 29.6 Å². The fraction of sp³-hybridized carbons (Fsp3) is 0.312. The highest BCUT2D eigenvalue weighted by Crippen LogP contribution is 2.27. The predicted octanol–water partition coefficient (Wildman–Crippen LogP) is 3.83. The lowest BCUT2D eigenvalue weighted by Crippen LogP contribution is -2.35. The summed E-state index contributed by atoms with van der Waals surface area (Å²) >= 11 is 6.78. The number of benzene rings is 1. The lowest BCUT2D eigenvalue weighted by atomic mass is 10.1. The van der Waals surface area contributed by atoms with E-state index in [0.29, 0.717) is 15.6 Å². The number of hydrogen-bond donors (Lipinski definition) is 1. The second-order valence-corrected chi connectivity index (χ2v) is 9.22. The average molecular weight is 385 g/mol. The number of thiophene rings is 1. The van der Waals surface area contributed by atoms with Crippen molar-refractivity contribution < 1.29 is 13.2 Å². The summed E-state index contributed by atoms with van der Waals surface area (Å²) in [6, 6.07) is 9.50. The van der Waals surface area contributed by atoms with Gasteiger partial charge in [0.1, 0.15) is 4.21 Å². The van der Waals surface area contributed by atoms with Crippen LogP contribution in [0.2, 0.25) is 4.34 Å². The Morgan fingerprint density at radius 2 is 1.71 bits per heavy atom. The smallest absolute Gasteiger partial charge is 0.271 e. The van der Waals surface area contributed by atoms with Crippen LogP contribution in [-0.2, 0) is 10.0 Å². The van der Waals surface area contributed by atoms with E-state index in [2.05, 4.69) is 4.72 Å². The van der Waals surface area contributed by atoms with E-state index in [1.54, 1.807) is 30.3 Å². The third kappa shape index (κ3) is 3.91. The number of carbonyl (C=O) groups excluding carboxylic acids is 1. The second-order valence-electron chi connectivity index (χ2n) is 5.59. The maximum Gasteiger partial charge on any atom is 0.271 e. The lowest BCUT2D eigenvalue weighted by molar-refractivity contribution is 0.0724. The summed E-state index contributed by atoms with van der Waals surface area (Å²) in [7, 11) is -3.66. The lowest BCUT2D eigenvalue weighted by Gasteiger charge is -2.26. The molecule has 8 heteroatoms. The van der Waals surface area contributed by atoms with Crippen LogP contribution >= 0.6 is 22.9 Å². The van der Waals surface area contributed by atoms with Gasteiger partial charge in [0, 0.05) is 24.3 Å². The zero-order chi connectivity index (χ0) is 17.2. The number of sulfonamides is 1. The van der Waals surface area contributed by atoms with Gasteiger partial charge in [-0.2, -0.15) is 0 Å². The SMILES string of the molecule is O=C(c1ccc(NS(=O)(=O)c2ccc(Cl)s2)cc1)N1CCCCC1. The van der Waals surface area contributed by atoms with Crippen molar-refractivity contribution in [3.63, 3.8) is 0 Å². The molecule has 3 rings (SSSR count). The first-order valence-electron chi connectivity index (χ1n) is 7.63. The van der Waals surface area contributed by atoms with Gasteiger partial charge in [0.15, 0.2) is 0 Å². The quantitative estimate of drug-likeness (QED) is 0.871. The number of hydrogen-bond acceptors (Lipinski definition) is 4. The molecule has 1 aliphatic heterocycles. The molecule has 24 heavy (non-hydrogen) atoms. The van der Waals surface area contributed by atoms with Gasteiger partial charge in [-0.25, -0.2) is 8.42 Å². The summed E-state index contributed by atoms with van der Waals surface area (Å²) in [6.07, 6.45) is 3.23. The molecule has 0 radical (unpaired) electrons. The number of carbonyl (C=O) groups is 1. The number of nitrogens with one attached hydrogen (secondary N) is 1. The summed E-state index contributed by atoms with van der Waals surface area (Å²) in [5, 5.41) is 0. The topological polar surface area (TPSA) is 66.5 Å². The van der Waals surface area contributed by atoms with Crippen molar-refractivity contribution in [3.05, 3.63) is 46.3 Å². The largest absolute Gasteiger partial charge is 0.339 e. The first-order valence-corrected chi connectivity index (χ1v) is 10.3. The molecule has 1 amide bonds. The minimum absolute atomic E-state index is 0.00542. The van der Waals surface area contributed by atoms with Crippen LogP contribution < -0.4 is 4.72 Å². The average Bonchev–Trinajstić information content (AvgIpc) is 3.03. The summed E-state index contributed by atoms with van der Waals surface area (Å²) in [4.78, 5) is 14.2. The molecule has 128 valence electrons. The van der Waals surface area contributed by atoms with Gasteiger partial charge in [0.25, 0.3) is 15.9 Å². The van der Waals surface area contributed by atoms with Crippen LogP contribution in [0.15, 0.2) is 40.6 Å². The molecular formula is C16H17ClN2O3S2. The van der Waals surface area contributed by atoms with E-state index in [-0.39, 0.29) is 10.1 Å². The Labute approximate surface area is 150 Å². The molecule has 2 heterocycles. The molecule has 0 aliphatic carbocycles. The molecule has 0 saturated carbocycles. The van der Waals surface area contributed by atoms with Crippen molar-refractivity contribution in [1.82, 2.24) is 4.90 Å². The van der Waals surface area contributed by atoms with Crippen molar-refractivity contribution in [2.75, 3.05) is 17.8 Å². The molecule has 1 saturated heterocycles. The first-order chi connectivity index (χ1) is 11.5. The zero-order valence-electron chi connectivity index (χ0n) is 12.9. The van der Waals surface area contributed by atoms with Gasteiger partial charge >= 0.3 is 0 Å². The third-order valence-corrected chi connectivity index (χ3v) is 6.95. The van der Waals surface area contributed by atoms with Crippen molar-refractivity contribution in [2.24, 2.45) is 0 Å². The zero-order valence-corrected chi connectivity index (χ0v) is 15.3. The molecule has 0 unspecified atom stereocenters. The van der Waals surface area contributed by atoms with E-state index in [1.165, 1.54) is 6.07 Å². The molecule has 0 atom stereocenters. The highest BCUT2D eigenvalue weighted by molar-refractivity contribution is 7.94. The molecule has 1 aromatic heterocycles. The number of amides is 1. The Bertz CT molecular complexity index is 825. The Hall–Kier alpha value is -1.57. The van der Waals surface area contributed by atoms with Gasteiger partial charge in [-0.1, -0.05) is 11.6 Å². The molecule has 0 bridgehead atoms. The number of halogens is 1. The summed E-state index contributed by atoms with van der Waals surface area (Å²) in [5.74, 6) is -0.00542. The number of anilines is 1.